The average Bonchev–Trinajstić information content (AvgIpc) is 2.88. The summed E-state index contributed by atoms with van der Waals surface area (Å²) in [6, 6.07) is 0.659. The van der Waals surface area contributed by atoms with Crippen molar-refractivity contribution in [2.75, 3.05) is 20.7 Å². The van der Waals surface area contributed by atoms with Gasteiger partial charge in [0.2, 0.25) is 5.78 Å². The minimum absolute atomic E-state index is 0.00850. The van der Waals surface area contributed by atoms with Crippen LogP contribution < -0.4 is 5.73 Å². The number of rotatable bonds is 8. The lowest BCUT2D eigenvalue weighted by Crippen LogP contribution is -2.65. The van der Waals surface area contributed by atoms with Crippen molar-refractivity contribution in [3.8, 4) is 5.75 Å². The molecule has 0 unspecified atom stereocenters. The molecule has 1 aromatic rings. The Morgan fingerprint density at radius 2 is 1.79 bits per heavy atom. The van der Waals surface area contributed by atoms with E-state index in [1.807, 2.05) is 27.7 Å². The molecule has 0 bridgehead atoms. The molecule has 3 aliphatic carbocycles. The normalized spacial score (nSPS) is 25.6. The summed E-state index contributed by atoms with van der Waals surface area (Å²) in [6.07, 6.45) is 0.352. The number of Topliss-reactive ketones (excluding diaryl/α,β-unsaturated/α-hetero) is 2. The lowest BCUT2D eigenvalue weighted by Gasteiger charge is -2.50. The van der Waals surface area contributed by atoms with Crippen LogP contribution in [0.2, 0.25) is 0 Å². The minimum Gasteiger partial charge on any atom is -0.508 e. The molecule has 6 N–H and O–H groups in total. The topological polar surface area (TPSA) is 188 Å². The quantitative estimate of drug-likeness (QED) is 0.224. The van der Waals surface area contributed by atoms with Crippen LogP contribution in [0.4, 0.5) is 0 Å². The number of amides is 1. The van der Waals surface area contributed by atoms with Gasteiger partial charge in [-0.3, -0.25) is 24.1 Å². The maximum atomic E-state index is 14.1. The molecule has 1 fully saturated rings. The lowest BCUT2D eigenvalue weighted by molar-refractivity contribution is -0.153. The van der Waals surface area contributed by atoms with Crippen LogP contribution in [0.15, 0.2) is 23.0 Å². The molecule has 3 aliphatic rings. The molecular weight excluding hydrogens is 544 g/mol. The number of aliphatic hydroxyl groups excluding tert-OH is 2. The van der Waals surface area contributed by atoms with E-state index in [1.165, 1.54) is 4.90 Å². The van der Waals surface area contributed by atoms with E-state index in [2.05, 4.69) is 0 Å². The number of aryl methyl sites for hydroxylation is 1. The van der Waals surface area contributed by atoms with E-state index in [0.29, 0.717) is 11.1 Å². The summed E-state index contributed by atoms with van der Waals surface area (Å²) < 4.78 is 5.25. The smallest absolute Gasteiger partial charge is 0.306 e. The van der Waals surface area contributed by atoms with Gasteiger partial charge in [0.25, 0.3) is 5.91 Å². The van der Waals surface area contributed by atoms with Gasteiger partial charge in [-0.15, -0.1) is 0 Å². The standard InChI is InChI=1S/C31H40N2O9/c1-13(2)12-42-20(34)8-7-15-9-17(14(3)4)18-10-16-11-19-24(33(5)6)27(37)23(30(32)40)29(39)31(19,41)28(38)21(16)26(36)22(18)25(15)35/h9,13-14,16,19,24,35-36,39,41H,7-8,10-12H2,1-6H3,(H2,32,40)/t16-,19-,24+,31-/m0/s1. The maximum Gasteiger partial charge on any atom is 0.306 e. The van der Waals surface area contributed by atoms with Crippen molar-refractivity contribution in [1.29, 1.82) is 0 Å². The molecule has 4 rings (SSSR count). The first-order valence-electron chi connectivity index (χ1n) is 14.2. The number of primary amides is 1. The number of hydrogen-bond acceptors (Lipinski definition) is 10. The van der Waals surface area contributed by atoms with E-state index in [4.69, 9.17) is 10.5 Å². The molecular formula is C31H40N2O9. The zero-order valence-electron chi connectivity index (χ0n) is 24.9. The highest BCUT2D eigenvalue weighted by Crippen LogP contribution is 2.53. The number of hydrogen-bond donors (Lipinski definition) is 5. The van der Waals surface area contributed by atoms with Crippen molar-refractivity contribution < 1.29 is 44.3 Å². The molecule has 0 aromatic heterocycles. The van der Waals surface area contributed by atoms with Crippen LogP contribution in [-0.2, 0) is 36.8 Å². The van der Waals surface area contributed by atoms with Crippen LogP contribution in [0, 0.1) is 17.8 Å². The SMILES string of the molecule is CC(C)COC(=O)CCc1cc(C(C)C)c2c(c1O)C(O)=C1C(=O)[C@]3(O)C(O)=C(C(N)=O)C(=O)[C@H](N(C)C)[C@@H]3C[C@@H]1C2. The monoisotopic (exact) mass is 584 g/mol. The molecule has 42 heavy (non-hydrogen) atoms. The van der Waals surface area contributed by atoms with Gasteiger partial charge in [-0.1, -0.05) is 33.8 Å². The van der Waals surface area contributed by atoms with Crippen molar-refractivity contribution in [1.82, 2.24) is 4.90 Å². The van der Waals surface area contributed by atoms with E-state index < -0.39 is 64.0 Å². The highest BCUT2D eigenvalue weighted by atomic mass is 16.5. The number of fused-ring (bicyclic) bond motifs is 3. The molecule has 4 atom stereocenters. The number of phenolic OH excluding ortho intramolecular Hbond substituents is 1. The number of phenols is 1. The molecule has 0 aliphatic heterocycles. The summed E-state index contributed by atoms with van der Waals surface area (Å²) in [5.41, 5.74) is 3.48. The fraction of sp³-hybridized carbons (Fsp3) is 0.548. The predicted molar refractivity (Wildman–Crippen MR) is 152 cm³/mol. The fourth-order valence-corrected chi connectivity index (χ4v) is 6.67. The number of aromatic hydroxyl groups is 1. The summed E-state index contributed by atoms with van der Waals surface area (Å²) in [7, 11) is 3.12. The summed E-state index contributed by atoms with van der Waals surface area (Å²) in [5, 5.41) is 45.7. The zero-order valence-corrected chi connectivity index (χ0v) is 24.9. The Labute approximate surface area is 244 Å². The number of ketones is 2. The van der Waals surface area contributed by atoms with Crippen LogP contribution >= 0.6 is 0 Å². The molecule has 1 saturated carbocycles. The molecule has 0 spiro atoms. The van der Waals surface area contributed by atoms with Crippen molar-refractivity contribution in [2.24, 2.45) is 23.5 Å². The van der Waals surface area contributed by atoms with Gasteiger partial charge in [0, 0.05) is 17.9 Å². The van der Waals surface area contributed by atoms with Gasteiger partial charge in [0.05, 0.1) is 18.2 Å². The summed E-state index contributed by atoms with van der Waals surface area (Å²) in [4.78, 5) is 53.2. The Bertz CT molecular complexity index is 1420. The molecule has 0 radical (unpaired) electrons. The second kappa shape index (κ2) is 11.2. The first-order valence-corrected chi connectivity index (χ1v) is 14.2. The van der Waals surface area contributed by atoms with Crippen LogP contribution in [0.3, 0.4) is 0 Å². The van der Waals surface area contributed by atoms with E-state index >= 15 is 0 Å². The van der Waals surface area contributed by atoms with Gasteiger partial charge in [0.1, 0.15) is 22.8 Å². The number of ether oxygens (including phenoxy) is 1. The molecule has 1 amide bonds. The number of carbonyl (C=O) groups excluding carboxylic acids is 4. The van der Waals surface area contributed by atoms with Crippen molar-refractivity contribution in [2.45, 2.75) is 70.9 Å². The van der Waals surface area contributed by atoms with Crippen molar-refractivity contribution >= 4 is 29.2 Å². The predicted octanol–water partition coefficient (Wildman–Crippen LogP) is 2.22. The first kappa shape index (κ1) is 31.2. The summed E-state index contributed by atoms with van der Waals surface area (Å²) >= 11 is 0. The third kappa shape index (κ3) is 4.88. The average molecular weight is 585 g/mol. The maximum absolute atomic E-state index is 14.1. The number of aliphatic hydroxyl groups is 3. The second-order valence-corrected chi connectivity index (χ2v) is 12.5. The van der Waals surface area contributed by atoms with Gasteiger partial charge in [-0.2, -0.15) is 0 Å². The van der Waals surface area contributed by atoms with Crippen LogP contribution in [0.5, 0.6) is 5.75 Å². The molecule has 1 aromatic carbocycles. The largest absolute Gasteiger partial charge is 0.508 e. The molecule has 11 heteroatoms. The molecule has 0 saturated heterocycles. The minimum atomic E-state index is -2.70. The Hall–Kier alpha value is -3.70. The van der Waals surface area contributed by atoms with Gasteiger partial charge in [-0.05, 0) is 67.8 Å². The van der Waals surface area contributed by atoms with Crippen LogP contribution in [-0.4, -0.2) is 81.1 Å². The Morgan fingerprint density at radius 1 is 1.14 bits per heavy atom. The fourth-order valence-electron chi connectivity index (χ4n) is 6.67. The molecule has 0 heterocycles. The summed E-state index contributed by atoms with van der Waals surface area (Å²) in [5.74, 6) is -7.20. The number of carbonyl (C=O) groups is 4. The molecule has 228 valence electrons. The Kier molecular flexibility index (Phi) is 8.32. The van der Waals surface area contributed by atoms with Crippen LogP contribution in [0.1, 0.15) is 68.7 Å². The number of nitrogens with zero attached hydrogens (tertiary/aromatic N) is 1. The number of benzene rings is 1. The third-order valence-corrected chi connectivity index (χ3v) is 8.63. The van der Waals surface area contributed by atoms with Gasteiger partial charge < -0.3 is 30.9 Å². The number of nitrogens with two attached hydrogens (primary N) is 1. The van der Waals surface area contributed by atoms with E-state index in [0.717, 1.165) is 5.56 Å². The number of likely N-dealkylation sites (N-methyl/N-ethyl adjacent to an activating group) is 1. The summed E-state index contributed by atoms with van der Waals surface area (Å²) in [6.45, 7) is 8.01. The van der Waals surface area contributed by atoms with Gasteiger partial charge in [0.15, 0.2) is 11.4 Å². The highest BCUT2D eigenvalue weighted by molar-refractivity contribution is 6.24. The van der Waals surface area contributed by atoms with Crippen molar-refractivity contribution in [3.63, 3.8) is 0 Å². The Morgan fingerprint density at radius 3 is 2.33 bits per heavy atom. The highest BCUT2D eigenvalue weighted by Gasteiger charge is 2.64. The van der Waals surface area contributed by atoms with Gasteiger partial charge >= 0.3 is 5.97 Å². The van der Waals surface area contributed by atoms with E-state index in [9.17, 15) is 39.6 Å². The molecule has 11 nitrogen and oxygen atoms in total. The Balaban J connectivity index is 1.86. The number of esters is 1. The van der Waals surface area contributed by atoms with Crippen molar-refractivity contribution in [3.05, 3.63) is 45.2 Å². The lowest BCUT2D eigenvalue weighted by atomic mass is 9.57. The second-order valence-electron chi connectivity index (χ2n) is 12.5. The first-order chi connectivity index (χ1) is 19.5. The zero-order chi connectivity index (χ0) is 31.4. The third-order valence-electron chi connectivity index (χ3n) is 8.63. The van der Waals surface area contributed by atoms with Crippen LogP contribution in [0.25, 0.3) is 5.76 Å². The van der Waals surface area contributed by atoms with E-state index in [-0.39, 0.29) is 61.0 Å². The van der Waals surface area contributed by atoms with Gasteiger partial charge in [-0.25, -0.2) is 0 Å². The van der Waals surface area contributed by atoms with E-state index in [1.54, 1.807) is 20.2 Å².